The third-order valence-corrected chi connectivity index (χ3v) is 7.21. The summed E-state index contributed by atoms with van der Waals surface area (Å²) >= 11 is 0. The van der Waals surface area contributed by atoms with Crippen LogP contribution in [0.25, 0.3) is 0 Å². The molecule has 4 rings (SSSR count). The fraction of sp³-hybridized carbons (Fsp3) is 0.583. The Balaban J connectivity index is 1.61. The number of nitrogens with zero attached hydrogens (tertiary/aromatic N) is 4. The van der Waals surface area contributed by atoms with Crippen LogP contribution < -0.4 is 15.1 Å². The first-order valence-corrected chi connectivity index (χ1v) is 11.7. The molecule has 184 valence electrons. The Kier molecular flexibility index (Phi) is 6.28. The zero-order valence-electron chi connectivity index (χ0n) is 20.2. The van der Waals surface area contributed by atoms with Crippen molar-refractivity contribution in [2.75, 3.05) is 36.5 Å². The fourth-order valence-corrected chi connectivity index (χ4v) is 5.54. The number of anilines is 2. The SMILES string of the molecule is C[C@H]1CN(Cc2ccc3c(c2)N(C)C(C(C)(C)C=O)N3C2CCC(=O)NC2=O)CCN1C(=O)O. The first-order valence-electron chi connectivity index (χ1n) is 11.7. The lowest BCUT2D eigenvalue weighted by molar-refractivity contribution is -0.134. The molecule has 3 atom stereocenters. The van der Waals surface area contributed by atoms with Gasteiger partial charge in [0.15, 0.2) is 0 Å². The van der Waals surface area contributed by atoms with Gasteiger partial charge in [-0.1, -0.05) is 6.07 Å². The highest BCUT2D eigenvalue weighted by Crippen LogP contribution is 2.46. The summed E-state index contributed by atoms with van der Waals surface area (Å²) in [4.78, 5) is 55.7. The highest BCUT2D eigenvalue weighted by atomic mass is 16.4. The lowest BCUT2D eigenvalue weighted by Crippen LogP contribution is -2.61. The number of piperidine rings is 1. The number of fused-ring (bicyclic) bond motifs is 1. The topological polar surface area (TPSA) is 114 Å². The quantitative estimate of drug-likeness (QED) is 0.491. The molecular formula is C24H33N5O5. The average molecular weight is 472 g/mol. The van der Waals surface area contributed by atoms with Gasteiger partial charge in [0.25, 0.3) is 0 Å². The number of rotatable bonds is 5. The second-order valence-corrected chi connectivity index (χ2v) is 10.2. The maximum atomic E-state index is 12.8. The summed E-state index contributed by atoms with van der Waals surface area (Å²) in [6.07, 6.45) is 0.320. The molecule has 1 aromatic rings. The molecule has 0 aromatic heterocycles. The fourth-order valence-electron chi connectivity index (χ4n) is 5.54. The molecule has 3 aliphatic heterocycles. The van der Waals surface area contributed by atoms with Gasteiger partial charge in [0.05, 0.1) is 16.8 Å². The standard InChI is InChI=1S/C24H33N5O5/c1-15-12-27(9-10-28(15)23(33)34)13-16-5-6-17-19(11-16)26(4)22(24(2,3)14-30)29(17)18-7-8-20(31)25-21(18)32/h5-6,11,14-15,18,22H,7-10,12-13H2,1-4H3,(H,33,34)(H,25,31,32)/t15-,18?,22?/m0/s1. The van der Waals surface area contributed by atoms with Gasteiger partial charge in [0.2, 0.25) is 11.8 Å². The highest BCUT2D eigenvalue weighted by molar-refractivity contribution is 6.02. The van der Waals surface area contributed by atoms with Crippen molar-refractivity contribution in [3.05, 3.63) is 23.8 Å². The Morgan fingerprint density at radius 2 is 1.97 bits per heavy atom. The van der Waals surface area contributed by atoms with Gasteiger partial charge in [0, 0.05) is 45.7 Å². The third kappa shape index (κ3) is 4.22. The molecule has 0 radical (unpaired) electrons. The van der Waals surface area contributed by atoms with Crippen LogP contribution in [0.4, 0.5) is 16.2 Å². The molecule has 10 nitrogen and oxygen atoms in total. The van der Waals surface area contributed by atoms with Gasteiger partial charge in [-0.2, -0.15) is 0 Å². The summed E-state index contributed by atoms with van der Waals surface area (Å²) in [5.41, 5.74) is 2.11. The smallest absolute Gasteiger partial charge is 0.407 e. The van der Waals surface area contributed by atoms with Crippen molar-refractivity contribution in [2.45, 2.75) is 58.4 Å². The summed E-state index contributed by atoms with van der Waals surface area (Å²) in [5, 5.41) is 11.8. The molecule has 2 unspecified atom stereocenters. The van der Waals surface area contributed by atoms with Crippen molar-refractivity contribution in [3.8, 4) is 0 Å². The number of nitrogens with one attached hydrogen (secondary N) is 1. The Hall–Kier alpha value is -3.14. The molecule has 34 heavy (non-hydrogen) atoms. The van der Waals surface area contributed by atoms with E-state index in [0.29, 0.717) is 32.6 Å². The molecule has 1 aromatic carbocycles. The number of carbonyl (C=O) groups excluding carboxylic acids is 3. The first-order chi connectivity index (χ1) is 16.0. The Morgan fingerprint density at radius 3 is 2.59 bits per heavy atom. The zero-order chi connectivity index (χ0) is 24.8. The van der Waals surface area contributed by atoms with Crippen LogP contribution in [-0.2, 0) is 20.9 Å². The van der Waals surface area contributed by atoms with Crippen LogP contribution in [0.1, 0.15) is 39.2 Å². The van der Waals surface area contributed by atoms with Crippen molar-refractivity contribution in [1.29, 1.82) is 0 Å². The zero-order valence-corrected chi connectivity index (χ0v) is 20.2. The van der Waals surface area contributed by atoms with Crippen molar-refractivity contribution < 1.29 is 24.3 Å². The Labute approximate surface area is 199 Å². The number of carboxylic acid groups (broad SMARTS) is 1. The monoisotopic (exact) mass is 471 g/mol. The van der Waals surface area contributed by atoms with E-state index in [1.54, 1.807) is 0 Å². The third-order valence-electron chi connectivity index (χ3n) is 7.21. The van der Waals surface area contributed by atoms with Crippen LogP contribution in [0.15, 0.2) is 18.2 Å². The minimum Gasteiger partial charge on any atom is -0.465 e. The van der Waals surface area contributed by atoms with Gasteiger partial charge in [-0.25, -0.2) is 4.79 Å². The average Bonchev–Trinajstić information content (AvgIpc) is 3.06. The number of carbonyl (C=O) groups is 4. The van der Waals surface area contributed by atoms with Gasteiger partial charge >= 0.3 is 6.09 Å². The Morgan fingerprint density at radius 1 is 1.24 bits per heavy atom. The molecule has 3 aliphatic rings. The summed E-state index contributed by atoms with van der Waals surface area (Å²) in [6, 6.07) is 5.48. The number of benzene rings is 1. The lowest BCUT2D eigenvalue weighted by atomic mass is 9.88. The van der Waals surface area contributed by atoms with E-state index in [0.717, 1.165) is 23.2 Å². The number of hydrogen-bond donors (Lipinski definition) is 2. The van der Waals surface area contributed by atoms with Crippen LogP contribution >= 0.6 is 0 Å². The van der Waals surface area contributed by atoms with E-state index in [4.69, 9.17) is 0 Å². The predicted octanol–water partition coefficient (Wildman–Crippen LogP) is 1.48. The van der Waals surface area contributed by atoms with Gasteiger partial charge in [0.1, 0.15) is 18.5 Å². The molecule has 2 N–H and O–H groups in total. The van der Waals surface area contributed by atoms with Gasteiger partial charge < -0.3 is 24.6 Å². The molecule has 10 heteroatoms. The van der Waals surface area contributed by atoms with Crippen LogP contribution in [0, 0.1) is 5.41 Å². The molecule has 2 saturated heterocycles. The van der Waals surface area contributed by atoms with E-state index in [9.17, 15) is 24.3 Å². The number of piperazine rings is 1. The number of imide groups is 1. The first kappa shape index (κ1) is 24.0. The maximum absolute atomic E-state index is 12.8. The van der Waals surface area contributed by atoms with E-state index in [2.05, 4.69) is 16.3 Å². The van der Waals surface area contributed by atoms with Gasteiger partial charge in [-0.3, -0.25) is 19.8 Å². The van der Waals surface area contributed by atoms with Crippen molar-refractivity contribution >= 4 is 35.6 Å². The second kappa shape index (κ2) is 8.90. The minimum absolute atomic E-state index is 0.0795. The van der Waals surface area contributed by atoms with Gasteiger partial charge in [-0.05, 0) is 44.9 Å². The Bertz CT molecular complexity index is 1010. The van der Waals surface area contributed by atoms with Crippen LogP contribution in [0.3, 0.4) is 0 Å². The molecular weight excluding hydrogens is 438 g/mol. The molecule has 0 aliphatic carbocycles. The molecule has 0 saturated carbocycles. The summed E-state index contributed by atoms with van der Waals surface area (Å²) in [6.45, 7) is 8.10. The largest absolute Gasteiger partial charge is 0.465 e. The number of aldehydes is 1. The van der Waals surface area contributed by atoms with Crippen LogP contribution in [0.2, 0.25) is 0 Å². The molecule has 2 fully saturated rings. The normalized spacial score (nSPS) is 25.9. The van der Waals surface area contributed by atoms with E-state index in [1.807, 2.05) is 49.8 Å². The highest BCUT2D eigenvalue weighted by Gasteiger charge is 2.48. The van der Waals surface area contributed by atoms with E-state index in [1.165, 1.54) is 4.90 Å². The van der Waals surface area contributed by atoms with Crippen LogP contribution in [0.5, 0.6) is 0 Å². The second-order valence-electron chi connectivity index (χ2n) is 10.2. The molecule has 3 amide bonds. The minimum atomic E-state index is -0.885. The summed E-state index contributed by atoms with van der Waals surface area (Å²) in [5.74, 6) is -0.605. The van der Waals surface area contributed by atoms with E-state index < -0.39 is 17.6 Å². The molecule has 3 heterocycles. The summed E-state index contributed by atoms with van der Waals surface area (Å²) in [7, 11) is 1.93. The van der Waals surface area contributed by atoms with Crippen molar-refractivity contribution in [2.24, 2.45) is 5.41 Å². The molecule has 0 spiro atoms. The van der Waals surface area contributed by atoms with Crippen LogP contribution in [-0.4, -0.2) is 84.0 Å². The maximum Gasteiger partial charge on any atom is 0.407 e. The van der Waals surface area contributed by atoms with E-state index >= 15 is 0 Å². The molecule has 0 bridgehead atoms. The summed E-state index contributed by atoms with van der Waals surface area (Å²) < 4.78 is 0. The van der Waals surface area contributed by atoms with Crippen molar-refractivity contribution in [3.63, 3.8) is 0 Å². The van der Waals surface area contributed by atoms with Gasteiger partial charge in [-0.15, -0.1) is 0 Å². The lowest BCUT2D eigenvalue weighted by Gasteiger charge is -2.43. The number of amides is 3. The number of hydrogen-bond acceptors (Lipinski definition) is 7. The van der Waals surface area contributed by atoms with E-state index in [-0.39, 0.29) is 30.4 Å². The predicted molar refractivity (Wildman–Crippen MR) is 127 cm³/mol. The van der Waals surface area contributed by atoms with Crippen molar-refractivity contribution in [1.82, 2.24) is 15.1 Å².